The summed E-state index contributed by atoms with van der Waals surface area (Å²) >= 11 is 0. The van der Waals surface area contributed by atoms with E-state index in [9.17, 15) is 18.7 Å². The summed E-state index contributed by atoms with van der Waals surface area (Å²) < 4.78 is 30.6. The molecule has 0 fully saturated rings. The van der Waals surface area contributed by atoms with Gasteiger partial charge in [-0.25, -0.2) is 4.79 Å². The van der Waals surface area contributed by atoms with Gasteiger partial charge in [0.15, 0.2) is 0 Å². The van der Waals surface area contributed by atoms with Crippen LogP contribution in [-0.2, 0) is 9.53 Å². The monoisotopic (exact) mass is 238 g/mol. The highest BCUT2D eigenvalue weighted by Crippen LogP contribution is 2.24. The van der Waals surface area contributed by atoms with E-state index in [1.54, 1.807) is 0 Å². The van der Waals surface area contributed by atoms with Gasteiger partial charge in [0, 0.05) is 0 Å². The molecule has 0 aliphatic carbocycles. The first-order chi connectivity index (χ1) is 7.46. The molecular weight excluding hydrogens is 218 g/mol. The lowest BCUT2D eigenvalue weighted by molar-refractivity contribution is -0.188. The third-order valence-corrected chi connectivity index (χ3v) is 2.30. The minimum absolute atomic E-state index is 0.0776. The third-order valence-electron chi connectivity index (χ3n) is 2.30. The fourth-order valence-electron chi connectivity index (χ4n) is 1.31. The number of rotatable bonds is 8. The van der Waals surface area contributed by atoms with Crippen molar-refractivity contribution in [1.82, 2.24) is 0 Å². The number of aliphatic hydroxyl groups excluding tert-OH is 1. The van der Waals surface area contributed by atoms with E-state index in [-0.39, 0.29) is 13.0 Å². The van der Waals surface area contributed by atoms with Crippen LogP contribution >= 0.6 is 0 Å². The van der Waals surface area contributed by atoms with E-state index in [0.717, 1.165) is 19.3 Å². The summed E-state index contributed by atoms with van der Waals surface area (Å²) in [6, 6.07) is 0. The highest BCUT2D eigenvalue weighted by Gasteiger charge is 2.47. The lowest BCUT2D eigenvalue weighted by atomic mass is 10.0. The lowest BCUT2D eigenvalue weighted by Gasteiger charge is -2.20. The number of hydrogen-bond acceptors (Lipinski definition) is 3. The lowest BCUT2D eigenvalue weighted by Crippen LogP contribution is -2.42. The number of halogens is 2. The molecule has 0 aromatic heterocycles. The zero-order chi connectivity index (χ0) is 12.6. The normalized spacial score (nSPS) is 13.6. The Kier molecular flexibility index (Phi) is 7.21. The smallest absolute Gasteiger partial charge is 0.379 e. The summed E-state index contributed by atoms with van der Waals surface area (Å²) in [4.78, 5) is 10.9. The topological polar surface area (TPSA) is 46.5 Å². The second-order valence-electron chi connectivity index (χ2n) is 3.71. The molecule has 0 bridgehead atoms. The van der Waals surface area contributed by atoms with Gasteiger partial charge in [0.1, 0.15) is 6.10 Å². The Morgan fingerprint density at radius 3 is 2.44 bits per heavy atom. The first-order valence-corrected chi connectivity index (χ1v) is 5.69. The Hall–Kier alpha value is -0.710. The Bertz CT molecular complexity index is 207. The molecule has 3 nitrogen and oxygen atoms in total. The predicted molar refractivity (Wildman–Crippen MR) is 56.3 cm³/mol. The summed E-state index contributed by atoms with van der Waals surface area (Å²) in [6.07, 6.45) is 1.19. The molecular formula is C11H20F2O3. The van der Waals surface area contributed by atoms with E-state index in [4.69, 9.17) is 0 Å². The molecule has 0 heterocycles. The van der Waals surface area contributed by atoms with E-state index in [2.05, 4.69) is 4.74 Å². The van der Waals surface area contributed by atoms with Crippen LogP contribution in [0.25, 0.3) is 0 Å². The summed E-state index contributed by atoms with van der Waals surface area (Å²) in [5.41, 5.74) is 0. The van der Waals surface area contributed by atoms with Gasteiger partial charge in [0.2, 0.25) is 0 Å². The third kappa shape index (κ3) is 4.88. The van der Waals surface area contributed by atoms with E-state index < -0.39 is 18.0 Å². The van der Waals surface area contributed by atoms with Crippen LogP contribution in [0.2, 0.25) is 0 Å². The van der Waals surface area contributed by atoms with E-state index in [0.29, 0.717) is 6.42 Å². The van der Waals surface area contributed by atoms with Crippen molar-refractivity contribution in [2.45, 2.75) is 58.0 Å². The molecule has 96 valence electrons. The van der Waals surface area contributed by atoms with Crippen molar-refractivity contribution < 1.29 is 23.4 Å². The number of hydrogen-bond donors (Lipinski definition) is 1. The van der Waals surface area contributed by atoms with Crippen molar-refractivity contribution in [2.75, 3.05) is 6.61 Å². The SMILES string of the molecule is CCCCCC[C@@H](O)C(F)(F)C(=O)OCC. The maximum absolute atomic E-state index is 13.2. The zero-order valence-electron chi connectivity index (χ0n) is 9.84. The highest BCUT2D eigenvalue weighted by molar-refractivity contribution is 5.78. The fraction of sp³-hybridized carbons (Fsp3) is 0.909. The molecule has 5 heteroatoms. The Morgan fingerprint density at radius 2 is 1.94 bits per heavy atom. The molecule has 0 rings (SSSR count). The second-order valence-corrected chi connectivity index (χ2v) is 3.71. The van der Waals surface area contributed by atoms with Gasteiger partial charge < -0.3 is 9.84 Å². The minimum atomic E-state index is -3.79. The van der Waals surface area contributed by atoms with Crippen molar-refractivity contribution in [3.8, 4) is 0 Å². The van der Waals surface area contributed by atoms with Gasteiger partial charge in [-0.15, -0.1) is 0 Å². The molecule has 16 heavy (non-hydrogen) atoms. The fourth-order valence-corrected chi connectivity index (χ4v) is 1.31. The standard InChI is InChI=1S/C11H20F2O3/c1-3-5-6-7-8-9(14)11(12,13)10(15)16-4-2/h9,14H,3-8H2,1-2H3/t9-/m1/s1. The Morgan fingerprint density at radius 1 is 1.31 bits per heavy atom. The average molecular weight is 238 g/mol. The van der Waals surface area contributed by atoms with Crippen LogP contribution in [0.3, 0.4) is 0 Å². The summed E-state index contributed by atoms with van der Waals surface area (Å²) in [6.45, 7) is 3.34. The Balaban J connectivity index is 4.03. The van der Waals surface area contributed by atoms with Crippen molar-refractivity contribution >= 4 is 5.97 Å². The van der Waals surface area contributed by atoms with Crippen LogP contribution in [-0.4, -0.2) is 29.7 Å². The second kappa shape index (κ2) is 7.54. The van der Waals surface area contributed by atoms with Gasteiger partial charge in [0.05, 0.1) is 6.61 Å². The highest BCUT2D eigenvalue weighted by atomic mass is 19.3. The van der Waals surface area contributed by atoms with Gasteiger partial charge >= 0.3 is 11.9 Å². The quantitative estimate of drug-likeness (QED) is 0.522. The molecule has 0 unspecified atom stereocenters. The molecule has 0 radical (unpaired) electrons. The van der Waals surface area contributed by atoms with Crippen LogP contribution in [0.5, 0.6) is 0 Å². The van der Waals surface area contributed by atoms with Crippen molar-refractivity contribution in [3.05, 3.63) is 0 Å². The summed E-state index contributed by atoms with van der Waals surface area (Å²) in [5, 5.41) is 9.22. The molecule has 0 spiro atoms. The number of ether oxygens (including phenoxy) is 1. The molecule has 0 saturated carbocycles. The molecule has 0 aromatic carbocycles. The number of unbranched alkanes of at least 4 members (excludes halogenated alkanes) is 3. The number of aliphatic hydroxyl groups is 1. The van der Waals surface area contributed by atoms with Crippen LogP contribution in [0.1, 0.15) is 46.0 Å². The van der Waals surface area contributed by atoms with Crippen molar-refractivity contribution in [1.29, 1.82) is 0 Å². The van der Waals surface area contributed by atoms with E-state index >= 15 is 0 Å². The molecule has 0 saturated heterocycles. The van der Waals surface area contributed by atoms with Crippen LogP contribution in [0, 0.1) is 0 Å². The number of carbonyl (C=O) groups is 1. The van der Waals surface area contributed by atoms with Gasteiger partial charge in [-0.3, -0.25) is 0 Å². The molecule has 1 atom stereocenters. The van der Waals surface area contributed by atoms with Crippen LogP contribution in [0.4, 0.5) is 8.78 Å². The zero-order valence-corrected chi connectivity index (χ0v) is 9.84. The van der Waals surface area contributed by atoms with Crippen LogP contribution in [0.15, 0.2) is 0 Å². The van der Waals surface area contributed by atoms with Crippen molar-refractivity contribution in [3.63, 3.8) is 0 Å². The average Bonchev–Trinajstić information content (AvgIpc) is 2.24. The van der Waals surface area contributed by atoms with Gasteiger partial charge in [-0.1, -0.05) is 32.6 Å². The van der Waals surface area contributed by atoms with Gasteiger partial charge in [0.25, 0.3) is 0 Å². The van der Waals surface area contributed by atoms with Gasteiger partial charge in [-0.05, 0) is 13.3 Å². The minimum Gasteiger partial charge on any atom is -0.461 e. The predicted octanol–water partition coefficient (Wildman–Crippen LogP) is 2.52. The maximum Gasteiger partial charge on any atom is 0.379 e. The number of carbonyl (C=O) groups excluding carboxylic acids is 1. The molecule has 0 aromatic rings. The first-order valence-electron chi connectivity index (χ1n) is 5.69. The summed E-state index contributed by atoms with van der Waals surface area (Å²) in [7, 11) is 0. The van der Waals surface area contributed by atoms with Gasteiger partial charge in [-0.2, -0.15) is 8.78 Å². The van der Waals surface area contributed by atoms with E-state index in [1.165, 1.54) is 6.92 Å². The van der Waals surface area contributed by atoms with Crippen LogP contribution < -0.4 is 0 Å². The largest absolute Gasteiger partial charge is 0.461 e. The molecule has 0 amide bonds. The molecule has 1 N–H and O–H groups in total. The molecule has 0 aliphatic heterocycles. The number of alkyl halides is 2. The number of esters is 1. The van der Waals surface area contributed by atoms with Crippen molar-refractivity contribution in [2.24, 2.45) is 0 Å². The molecule has 0 aliphatic rings. The summed E-state index contributed by atoms with van der Waals surface area (Å²) in [5.74, 6) is -5.43. The maximum atomic E-state index is 13.2. The first kappa shape index (κ1) is 15.3. The van der Waals surface area contributed by atoms with E-state index in [1.807, 2.05) is 6.92 Å². The Labute approximate surface area is 94.8 Å².